The highest BCUT2D eigenvalue weighted by Crippen LogP contribution is 2.21. The van der Waals surface area contributed by atoms with E-state index in [9.17, 15) is 0 Å². The molecule has 0 fully saturated rings. The van der Waals surface area contributed by atoms with Gasteiger partial charge in [0, 0.05) is 6.20 Å². The van der Waals surface area contributed by atoms with Crippen LogP contribution < -0.4 is 5.73 Å². The van der Waals surface area contributed by atoms with E-state index in [1.807, 2.05) is 6.26 Å². The van der Waals surface area contributed by atoms with Crippen molar-refractivity contribution >= 4 is 17.6 Å². The van der Waals surface area contributed by atoms with E-state index in [1.165, 1.54) is 18.2 Å². The van der Waals surface area contributed by atoms with Crippen LogP contribution in [0.4, 0.5) is 5.82 Å². The van der Waals surface area contributed by atoms with Crippen molar-refractivity contribution in [1.82, 2.24) is 20.1 Å². The SMILES string of the molecule is CSc1ncc(-c2ncon2)c(N)n1. The third-order valence-electron chi connectivity index (χ3n) is 1.58. The Labute approximate surface area is 83.9 Å². The fraction of sp³-hybridized carbons (Fsp3) is 0.143. The molecule has 2 N–H and O–H groups in total. The number of anilines is 1. The summed E-state index contributed by atoms with van der Waals surface area (Å²) < 4.78 is 4.60. The molecule has 0 unspecified atom stereocenters. The fourth-order valence-electron chi connectivity index (χ4n) is 0.938. The second kappa shape index (κ2) is 3.62. The largest absolute Gasteiger partial charge is 0.383 e. The molecule has 7 heteroatoms. The molecule has 0 aliphatic heterocycles. The van der Waals surface area contributed by atoms with E-state index < -0.39 is 0 Å². The third kappa shape index (κ3) is 1.53. The van der Waals surface area contributed by atoms with Crippen LogP contribution in [0.15, 0.2) is 22.3 Å². The molecular formula is C7H7N5OS. The van der Waals surface area contributed by atoms with Gasteiger partial charge in [-0.1, -0.05) is 16.9 Å². The second-order valence-electron chi connectivity index (χ2n) is 2.41. The number of hydrogen-bond acceptors (Lipinski definition) is 7. The lowest BCUT2D eigenvalue weighted by atomic mass is 10.3. The number of rotatable bonds is 2. The van der Waals surface area contributed by atoms with Crippen LogP contribution in [-0.4, -0.2) is 26.4 Å². The number of nitrogens with two attached hydrogens (primary N) is 1. The molecule has 0 spiro atoms. The van der Waals surface area contributed by atoms with Gasteiger partial charge < -0.3 is 10.3 Å². The summed E-state index contributed by atoms with van der Waals surface area (Å²) in [7, 11) is 0. The van der Waals surface area contributed by atoms with Crippen LogP contribution in [-0.2, 0) is 0 Å². The number of nitrogens with zero attached hydrogens (tertiary/aromatic N) is 4. The maximum absolute atomic E-state index is 5.70. The lowest BCUT2D eigenvalue weighted by molar-refractivity contribution is 0.418. The lowest BCUT2D eigenvalue weighted by Gasteiger charge is -2.00. The van der Waals surface area contributed by atoms with Crippen molar-refractivity contribution in [1.29, 1.82) is 0 Å². The van der Waals surface area contributed by atoms with Gasteiger partial charge >= 0.3 is 0 Å². The number of nitrogen functional groups attached to an aromatic ring is 1. The zero-order chi connectivity index (χ0) is 9.97. The van der Waals surface area contributed by atoms with Crippen molar-refractivity contribution < 1.29 is 4.52 Å². The van der Waals surface area contributed by atoms with Gasteiger partial charge in [-0.25, -0.2) is 9.97 Å². The van der Waals surface area contributed by atoms with Crippen LogP contribution in [0.5, 0.6) is 0 Å². The maximum atomic E-state index is 5.70. The van der Waals surface area contributed by atoms with Crippen molar-refractivity contribution in [2.45, 2.75) is 5.16 Å². The van der Waals surface area contributed by atoms with E-state index in [4.69, 9.17) is 5.73 Å². The molecule has 2 heterocycles. The van der Waals surface area contributed by atoms with E-state index in [-0.39, 0.29) is 0 Å². The lowest BCUT2D eigenvalue weighted by Crippen LogP contribution is -1.98. The molecule has 0 bridgehead atoms. The molecule has 0 aromatic carbocycles. The van der Waals surface area contributed by atoms with Crippen molar-refractivity contribution in [2.75, 3.05) is 12.0 Å². The predicted molar refractivity (Wildman–Crippen MR) is 51.5 cm³/mol. The summed E-state index contributed by atoms with van der Waals surface area (Å²) in [5.74, 6) is 0.751. The van der Waals surface area contributed by atoms with Gasteiger partial charge in [0.15, 0.2) is 5.16 Å². The molecule has 0 aliphatic carbocycles. The topological polar surface area (TPSA) is 90.7 Å². The molecule has 0 aliphatic rings. The van der Waals surface area contributed by atoms with Gasteiger partial charge in [-0.05, 0) is 6.26 Å². The van der Waals surface area contributed by atoms with E-state index in [0.717, 1.165) is 0 Å². The van der Waals surface area contributed by atoms with E-state index in [2.05, 4.69) is 24.6 Å². The summed E-state index contributed by atoms with van der Waals surface area (Å²) in [6.07, 6.45) is 4.69. The molecule has 2 aromatic rings. The Balaban J connectivity index is 2.46. The average molecular weight is 209 g/mol. The smallest absolute Gasteiger partial charge is 0.214 e. The van der Waals surface area contributed by atoms with Crippen LogP contribution in [0, 0.1) is 0 Å². The summed E-state index contributed by atoms with van der Waals surface area (Å²) >= 11 is 1.42. The Hall–Kier alpha value is -1.63. The average Bonchev–Trinajstić information content (AvgIpc) is 2.70. The van der Waals surface area contributed by atoms with Gasteiger partial charge in [-0.2, -0.15) is 4.98 Å². The number of hydrogen-bond donors (Lipinski definition) is 1. The first-order valence-electron chi connectivity index (χ1n) is 3.74. The van der Waals surface area contributed by atoms with Gasteiger partial charge in [0.25, 0.3) is 0 Å². The van der Waals surface area contributed by atoms with Gasteiger partial charge in [0.1, 0.15) is 5.82 Å². The summed E-state index contributed by atoms with van der Waals surface area (Å²) in [5, 5.41) is 4.27. The Kier molecular flexibility index (Phi) is 2.32. The fourth-order valence-corrected chi connectivity index (χ4v) is 1.29. The van der Waals surface area contributed by atoms with Crippen LogP contribution in [0.25, 0.3) is 11.4 Å². The molecule has 2 aromatic heterocycles. The molecule has 0 saturated heterocycles. The molecule has 0 atom stereocenters. The van der Waals surface area contributed by atoms with Gasteiger partial charge in [-0.15, -0.1) is 0 Å². The number of thioether (sulfide) groups is 1. The van der Waals surface area contributed by atoms with Crippen LogP contribution >= 0.6 is 11.8 Å². The zero-order valence-electron chi connectivity index (χ0n) is 7.34. The second-order valence-corrected chi connectivity index (χ2v) is 3.18. The molecule has 72 valence electrons. The van der Waals surface area contributed by atoms with Crippen LogP contribution in [0.3, 0.4) is 0 Å². The highest BCUT2D eigenvalue weighted by Gasteiger charge is 2.09. The summed E-state index contributed by atoms with van der Waals surface area (Å²) in [5.41, 5.74) is 6.28. The Morgan fingerprint density at radius 2 is 2.29 bits per heavy atom. The first kappa shape index (κ1) is 8.95. The first-order valence-corrected chi connectivity index (χ1v) is 4.97. The van der Waals surface area contributed by atoms with Crippen molar-refractivity contribution in [3.8, 4) is 11.4 Å². The molecule has 6 nitrogen and oxygen atoms in total. The summed E-state index contributed by atoms with van der Waals surface area (Å²) in [6, 6.07) is 0. The minimum absolute atomic E-state index is 0.353. The Morgan fingerprint density at radius 3 is 2.86 bits per heavy atom. The van der Waals surface area contributed by atoms with Crippen molar-refractivity contribution in [2.24, 2.45) is 0 Å². The van der Waals surface area contributed by atoms with Crippen LogP contribution in [0.1, 0.15) is 0 Å². The molecular weight excluding hydrogens is 202 g/mol. The third-order valence-corrected chi connectivity index (χ3v) is 2.14. The van der Waals surface area contributed by atoms with Gasteiger partial charge in [0.2, 0.25) is 12.2 Å². The van der Waals surface area contributed by atoms with Crippen molar-refractivity contribution in [3.05, 3.63) is 12.6 Å². The highest BCUT2D eigenvalue weighted by molar-refractivity contribution is 7.98. The normalized spacial score (nSPS) is 10.4. The van der Waals surface area contributed by atoms with E-state index >= 15 is 0 Å². The molecule has 0 saturated carbocycles. The maximum Gasteiger partial charge on any atom is 0.214 e. The van der Waals surface area contributed by atoms with Gasteiger partial charge in [-0.3, -0.25) is 0 Å². The van der Waals surface area contributed by atoms with E-state index in [0.29, 0.717) is 22.4 Å². The zero-order valence-corrected chi connectivity index (χ0v) is 8.15. The Morgan fingerprint density at radius 1 is 1.43 bits per heavy atom. The standard InChI is InChI=1S/C7H7N5OS/c1-14-7-9-2-4(5(8)11-7)6-10-3-13-12-6/h2-3H,1H3,(H2,8,9,11). The Bertz CT molecular complexity index is 430. The molecule has 0 amide bonds. The molecule has 14 heavy (non-hydrogen) atoms. The monoisotopic (exact) mass is 209 g/mol. The summed E-state index contributed by atoms with van der Waals surface area (Å²) in [4.78, 5) is 12.0. The summed E-state index contributed by atoms with van der Waals surface area (Å²) in [6.45, 7) is 0. The van der Waals surface area contributed by atoms with E-state index in [1.54, 1.807) is 6.20 Å². The minimum Gasteiger partial charge on any atom is -0.383 e. The van der Waals surface area contributed by atoms with Crippen molar-refractivity contribution in [3.63, 3.8) is 0 Å². The number of aromatic nitrogens is 4. The first-order chi connectivity index (χ1) is 6.81. The highest BCUT2D eigenvalue weighted by atomic mass is 32.2. The predicted octanol–water partition coefficient (Wildman–Crippen LogP) is 0.831. The molecule has 0 radical (unpaired) electrons. The van der Waals surface area contributed by atoms with Gasteiger partial charge in [0.05, 0.1) is 5.56 Å². The minimum atomic E-state index is 0.353. The van der Waals surface area contributed by atoms with Crippen LogP contribution in [0.2, 0.25) is 0 Å². The quantitative estimate of drug-likeness (QED) is 0.578. The molecule has 2 rings (SSSR count).